The monoisotopic (exact) mass is 574 g/mol. The van der Waals surface area contributed by atoms with Crippen molar-refractivity contribution in [2.24, 2.45) is 5.73 Å². The number of para-hydroxylation sites is 2. The number of aryl methyl sites for hydroxylation is 1. The first-order chi connectivity index (χ1) is 18.7. The Morgan fingerprint density at radius 3 is 2.35 bits per heavy atom. The van der Waals surface area contributed by atoms with Crippen molar-refractivity contribution in [2.75, 3.05) is 11.9 Å². The van der Waals surface area contributed by atoms with Gasteiger partial charge in [0, 0.05) is 18.5 Å². The van der Waals surface area contributed by atoms with Crippen molar-refractivity contribution >= 4 is 41.1 Å². The van der Waals surface area contributed by atoms with Gasteiger partial charge in [0.1, 0.15) is 23.4 Å². The Morgan fingerprint density at radius 1 is 1.10 bits per heavy atom. The van der Waals surface area contributed by atoms with Gasteiger partial charge in [-0.2, -0.15) is 0 Å². The largest absolute Gasteiger partial charge is 0.508 e. The zero-order valence-corrected chi connectivity index (χ0v) is 24.4. The molecule has 11 heteroatoms. The van der Waals surface area contributed by atoms with E-state index in [1.165, 1.54) is 11.0 Å². The number of phenols is 1. The molecule has 0 radical (unpaired) electrons. The fourth-order valence-corrected chi connectivity index (χ4v) is 4.31. The Balaban J connectivity index is 2.59. The number of ether oxygens (including phenoxy) is 1. The van der Waals surface area contributed by atoms with Gasteiger partial charge in [-0.05, 0) is 58.2 Å². The molecule has 2 atom stereocenters. The van der Waals surface area contributed by atoms with Gasteiger partial charge in [-0.15, -0.1) is 0 Å². The summed E-state index contributed by atoms with van der Waals surface area (Å²) in [6.45, 7) is 8.85. The Kier molecular flexibility index (Phi) is 11.8. The summed E-state index contributed by atoms with van der Waals surface area (Å²) in [6, 6.07) is 8.83. The maximum atomic E-state index is 14.1. The van der Waals surface area contributed by atoms with Crippen molar-refractivity contribution in [3.63, 3.8) is 0 Å². The van der Waals surface area contributed by atoms with Crippen LogP contribution in [-0.2, 0) is 19.1 Å². The third-order valence-electron chi connectivity index (χ3n) is 5.97. The Hall–Kier alpha value is -3.79. The Morgan fingerprint density at radius 2 is 1.77 bits per heavy atom. The number of carbonyl (C=O) groups excluding carboxylic acids is 4. The molecule has 4 amide bonds. The molecule has 5 N–H and O–H groups in total. The average molecular weight is 575 g/mol. The lowest BCUT2D eigenvalue weighted by Crippen LogP contribution is -2.52. The van der Waals surface area contributed by atoms with Crippen LogP contribution in [0.15, 0.2) is 42.5 Å². The SMILES string of the molecule is CCCCN(C(=O)C(CCC(N)=O)NC(=O)OC(C)(C)C)C(C(=O)Nc1c(C)cccc1Cl)c1ccccc1O. The van der Waals surface area contributed by atoms with Gasteiger partial charge in [0.05, 0.1) is 10.7 Å². The number of aromatic hydroxyl groups is 1. The number of benzene rings is 2. The number of amides is 4. The highest BCUT2D eigenvalue weighted by Gasteiger charge is 2.37. The second-order valence-corrected chi connectivity index (χ2v) is 10.9. The number of unbranched alkanes of at least 4 members (excludes halogenated alkanes) is 1. The number of hydrogen-bond acceptors (Lipinski definition) is 6. The molecule has 0 heterocycles. The second-order valence-electron chi connectivity index (χ2n) is 10.5. The Bertz CT molecular complexity index is 1190. The van der Waals surface area contributed by atoms with Gasteiger partial charge in [0.2, 0.25) is 11.8 Å². The van der Waals surface area contributed by atoms with Crippen molar-refractivity contribution in [1.82, 2.24) is 10.2 Å². The third-order valence-corrected chi connectivity index (χ3v) is 6.28. The topological polar surface area (TPSA) is 151 Å². The summed E-state index contributed by atoms with van der Waals surface area (Å²) in [5, 5.41) is 16.4. The maximum absolute atomic E-state index is 14.1. The smallest absolute Gasteiger partial charge is 0.408 e. The highest BCUT2D eigenvalue weighted by molar-refractivity contribution is 6.34. The van der Waals surface area contributed by atoms with E-state index in [2.05, 4.69) is 10.6 Å². The van der Waals surface area contributed by atoms with E-state index in [0.717, 1.165) is 0 Å². The van der Waals surface area contributed by atoms with Crippen molar-refractivity contribution in [3.8, 4) is 5.75 Å². The second kappa shape index (κ2) is 14.6. The summed E-state index contributed by atoms with van der Waals surface area (Å²) in [7, 11) is 0. The number of nitrogens with zero attached hydrogens (tertiary/aromatic N) is 1. The lowest BCUT2D eigenvalue weighted by atomic mass is 10.00. The van der Waals surface area contributed by atoms with E-state index in [1.807, 2.05) is 6.92 Å². The molecule has 0 aliphatic heterocycles. The fourth-order valence-electron chi connectivity index (χ4n) is 4.04. The van der Waals surface area contributed by atoms with E-state index in [4.69, 9.17) is 22.1 Å². The van der Waals surface area contributed by atoms with Crippen LogP contribution in [0.5, 0.6) is 5.75 Å². The van der Waals surface area contributed by atoms with Gasteiger partial charge in [0.25, 0.3) is 5.91 Å². The van der Waals surface area contributed by atoms with Crippen LogP contribution in [0.3, 0.4) is 0 Å². The number of nitrogens with two attached hydrogens (primary N) is 1. The highest BCUT2D eigenvalue weighted by atomic mass is 35.5. The summed E-state index contributed by atoms with van der Waals surface area (Å²) in [4.78, 5) is 53.6. The third kappa shape index (κ3) is 9.44. The minimum atomic E-state index is -1.30. The number of carbonyl (C=O) groups is 4. The van der Waals surface area contributed by atoms with Crippen LogP contribution in [0.1, 0.15) is 70.5 Å². The first kappa shape index (κ1) is 32.4. The van der Waals surface area contributed by atoms with E-state index in [-0.39, 0.29) is 30.7 Å². The molecule has 0 saturated heterocycles. The molecule has 0 spiro atoms. The van der Waals surface area contributed by atoms with E-state index >= 15 is 0 Å². The van der Waals surface area contributed by atoms with Crippen molar-refractivity contribution < 1.29 is 29.0 Å². The van der Waals surface area contributed by atoms with E-state index in [9.17, 15) is 24.3 Å². The van der Waals surface area contributed by atoms with Crippen molar-refractivity contribution in [2.45, 2.75) is 78.0 Å². The molecule has 10 nitrogen and oxygen atoms in total. The summed E-state index contributed by atoms with van der Waals surface area (Å²) in [5.74, 6) is -2.11. The molecular weight excluding hydrogens is 536 g/mol. The standard InChI is InChI=1S/C29H39ClN4O6/c1-6-7-17-34(27(38)21(15-16-23(31)36)32-28(39)40-29(3,4)5)25(19-12-8-9-14-22(19)35)26(37)33-24-18(2)11-10-13-20(24)30/h8-14,21,25,35H,6-7,15-17H2,1-5H3,(H2,31,36)(H,32,39)(H,33,37). The van der Waals surface area contributed by atoms with Gasteiger partial charge >= 0.3 is 6.09 Å². The number of rotatable bonds is 12. The summed E-state index contributed by atoms with van der Waals surface area (Å²) in [5.41, 5.74) is 5.76. The molecule has 40 heavy (non-hydrogen) atoms. The van der Waals surface area contributed by atoms with Crippen LogP contribution in [0, 0.1) is 6.92 Å². The zero-order chi connectivity index (χ0) is 30.0. The molecule has 0 aromatic heterocycles. The zero-order valence-electron chi connectivity index (χ0n) is 23.6. The highest BCUT2D eigenvalue weighted by Crippen LogP contribution is 2.33. The van der Waals surface area contributed by atoms with E-state index in [0.29, 0.717) is 29.1 Å². The van der Waals surface area contributed by atoms with Crippen LogP contribution >= 0.6 is 11.6 Å². The number of primary amides is 1. The first-order valence-corrected chi connectivity index (χ1v) is 13.5. The molecule has 0 bridgehead atoms. The van der Waals surface area contributed by atoms with Crippen molar-refractivity contribution in [1.29, 1.82) is 0 Å². The number of phenolic OH excluding ortho intramolecular Hbond substituents is 1. The van der Waals surface area contributed by atoms with E-state index in [1.54, 1.807) is 64.1 Å². The van der Waals surface area contributed by atoms with Crippen LogP contribution in [0.2, 0.25) is 5.02 Å². The minimum absolute atomic E-state index is 0.116. The number of hydrogen-bond donors (Lipinski definition) is 4. The van der Waals surface area contributed by atoms with Gasteiger partial charge < -0.3 is 31.1 Å². The predicted molar refractivity (Wildman–Crippen MR) is 154 cm³/mol. The normalized spacial score (nSPS) is 12.7. The number of anilines is 1. The van der Waals surface area contributed by atoms with Crippen LogP contribution < -0.4 is 16.4 Å². The molecule has 0 aliphatic rings. The summed E-state index contributed by atoms with van der Waals surface area (Å²) >= 11 is 6.36. The summed E-state index contributed by atoms with van der Waals surface area (Å²) in [6.07, 6.45) is 0.0347. The Labute approximate surface area is 240 Å². The average Bonchev–Trinajstić information content (AvgIpc) is 2.85. The molecule has 0 saturated carbocycles. The molecule has 2 rings (SSSR count). The quantitative estimate of drug-likeness (QED) is 0.285. The molecule has 0 fully saturated rings. The number of halogens is 1. The molecule has 0 aliphatic carbocycles. The minimum Gasteiger partial charge on any atom is -0.508 e. The molecule has 2 unspecified atom stereocenters. The summed E-state index contributed by atoms with van der Waals surface area (Å²) < 4.78 is 5.33. The van der Waals surface area contributed by atoms with Gasteiger partial charge in [-0.25, -0.2) is 4.79 Å². The lowest BCUT2D eigenvalue weighted by molar-refractivity contribution is -0.141. The molecular formula is C29H39ClN4O6. The van der Waals surface area contributed by atoms with Crippen LogP contribution in [0.4, 0.5) is 10.5 Å². The molecule has 218 valence electrons. The number of alkyl carbamates (subject to hydrolysis) is 1. The van der Waals surface area contributed by atoms with Crippen LogP contribution in [-0.4, -0.2) is 52.0 Å². The van der Waals surface area contributed by atoms with Gasteiger partial charge in [0.15, 0.2) is 0 Å². The molecule has 2 aromatic rings. The van der Waals surface area contributed by atoms with Gasteiger partial charge in [-0.1, -0.05) is 55.3 Å². The predicted octanol–water partition coefficient (Wildman–Crippen LogP) is 4.82. The first-order valence-electron chi connectivity index (χ1n) is 13.2. The molecule has 2 aromatic carbocycles. The van der Waals surface area contributed by atoms with Crippen molar-refractivity contribution in [3.05, 3.63) is 58.6 Å². The van der Waals surface area contributed by atoms with E-state index < -0.39 is 41.5 Å². The van der Waals surface area contributed by atoms with Crippen LogP contribution in [0.25, 0.3) is 0 Å². The fraction of sp³-hybridized carbons (Fsp3) is 0.448. The number of nitrogens with one attached hydrogen (secondary N) is 2. The lowest BCUT2D eigenvalue weighted by Gasteiger charge is -2.35. The van der Waals surface area contributed by atoms with Gasteiger partial charge in [-0.3, -0.25) is 14.4 Å². The maximum Gasteiger partial charge on any atom is 0.408 e.